The molecule has 1 N–H and O–H groups in total. The minimum atomic E-state index is -0.0755. The first-order valence-electron chi connectivity index (χ1n) is 9.61. The summed E-state index contributed by atoms with van der Waals surface area (Å²) in [7, 11) is 0. The molecule has 3 heterocycles. The lowest BCUT2D eigenvalue weighted by Gasteiger charge is -2.32. The van der Waals surface area contributed by atoms with Gasteiger partial charge in [0.25, 0.3) is 5.91 Å². The van der Waals surface area contributed by atoms with Gasteiger partial charge in [-0.2, -0.15) is 0 Å². The molecule has 5 nitrogen and oxygen atoms in total. The number of hydrogen-bond donors (Lipinski definition) is 1. The third kappa shape index (κ3) is 4.19. The van der Waals surface area contributed by atoms with Crippen LogP contribution in [0.25, 0.3) is 5.65 Å². The number of benzene rings is 1. The van der Waals surface area contributed by atoms with Crippen molar-refractivity contribution in [1.82, 2.24) is 19.6 Å². The van der Waals surface area contributed by atoms with Gasteiger partial charge in [0.1, 0.15) is 11.3 Å². The molecule has 4 rings (SSSR count). The van der Waals surface area contributed by atoms with E-state index in [9.17, 15) is 4.79 Å². The molecule has 140 valence electrons. The highest BCUT2D eigenvalue weighted by Gasteiger charge is 2.22. The van der Waals surface area contributed by atoms with Crippen LogP contribution >= 0.6 is 0 Å². The van der Waals surface area contributed by atoms with Crippen LogP contribution in [0.1, 0.15) is 40.0 Å². The van der Waals surface area contributed by atoms with Crippen molar-refractivity contribution in [2.45, 2.75) is 39.3 Å². The number of hydrogen-bond acceptors (Lipinski definition) is 3. The summed E-state index contributed by atoms with van der Waals surface area (Å²) >= 11 is 0. The van der Waals surface area contributed by atoms with E-state index in [1.165, 1.54) is 11.1 Å². The topological polar surface area (TPSA) is 49.6 Å². The van der Waals surface area contributed by atoms with Crippen molar-refractivity contribution in [3.63, 3.8) is 0 Å². The fraction of sp³-hybridized carbons (Fsp3) is 0.364. The predicted octanol–water partition coefficient (Wildman–Crippen LogP) is 3.35. The molecule has 1 fully saturated rings. The number of aromatic nitrogens is 2. The Morgan fingerprint density at radius 1 is 1.15 bits per heavy atom. The van der Waals surface area contributed by atoms with E-state index in [1.807, 2.05) is 29.7 Å². The van der Waals surface area contributed by atoms with Gasteiger partial charge < -0.3 is 9.72 Å². The largest absolute Gasteiger partial charge is 0.348 e. The molecule has 1 amide bonds. The predicted molar refractivity (Wildman–Crippen MR) is 107 cm³/mol. The third-order valence-corrected chi connectivity index (χ3v) is 5.26. The summed E-state index contributed by atoms with van der Waals surface area (Å²) < 4.78 is 1.90. The molecule has 1 aromatic carbocycles. The quantitative estimate of drug-likeness (QED) is 0.774. The van der Waals surface area contributed by atoms with Gasteiger partial charge in [-0.15, -0.1) is 0 Å². The minimum absolute atomic E-state index is 0.0755. The van der Waals surface area contributed by atoms with E-state index >= 15 is 0 Å². The van der Waals surface area contributed by atoms with Crippen LogP contribution in [0.15, 0.2) is 48.8 Å². The summed E-state index contributed by atoms with van der Waals surface area (Å²) in [4.78, 5) is 19.5. The molecule has 0 aliphatic carbocycles. The highest BCUT2D eigenvalue weighted by Crippen LogP contribution is 2.15. The molecule has 0 unspecified atom stereocenters. The zero-order chi connectivity index (χ0) is 18.8. The molecular weight excluding hydrogens is 336 g/mol. The second kappa shape index (κ2) is 7.53. The van der Waals surface area contributed by atoms with Crippen molar-refractivity contribution in [3.05, 3.63) is 71.2 Å². The van der Waals surface area contributed by atoms with Crippen LogP contribution in [0, 0.1) is 13.8 Å². The van der Waals surface area contributed by atoms with E-state index in [0.29, 0.717) is 5.69 Å². The molecule has 3 aromatic rings. The van der Waals surface area contributed by atoms with Crippen LogP contribution in [0.2, 0.25) is 0 Å². The number of piperidine rings is 1. The van der Waals surface area contributed by atoms with Gasteiger partial charge in [-0.1, -0.05) is 29.8 Å². The maximum absolute atomic E-state index is 12.6. The van der Waals surface area contributed by atoms with Crippen molar-refractivity contribution >= 4 is 11.6 Å². The zero-order valence-electron chi connectivity index (χ0n) is 16.0. The lowest BCUT2D eigenvalue weighted by atomic mass is 10.0. The lowest BCUT2D eigenvalue weighted by Crippen LogP contribution is -2.44. The Kier molecular flexibility index (Phi) is 4.94. The van der Waals surface area contributed by atoms with Gasteiger partial charge in [0.05, 0.1) is 0 Å². The summed E-state index contributed by atoms with van der Waals surface area (Å²) in [6, 6.07) is 12.9. The maximum atomic E-state index is 12.6. The molecule has 0 bridgehead atoms. The maximum Gasteiger partial charge on any atom is 0.271 e. The van der Waals surface area contributed by atoms with Crippen molar-refractivity contribution in [2.75, 3.05) is 13.1 Å². The van der Waals surface area contributed by atoms with Gasteiger partial charge >= 0.3 is 0 Å². The van der Waals surface area contributed by atoms with Crippen LogP contribution < -0.4 is 5.32 Å². The average molecular weight is 362 g/mol. The van der Waals surface area contributed by atoms with Crippen LogP contribution in [0.5, 0.6) is 0 Å². The molecule has 0 saturated carbocycles. The first-order chi connectivity index (χ1) is 13.1. The van der Waals surface area contributed by atoms with E-state index in [4.69, 9.17) is 0 Å². The van der Waals surface area contributed by atoms with Gasteiger partial charge in [-0.3, -0.25) is 9.69 Å². The minimum Gasteiger partial charge on any atom is -0.348 e. The monoisotopic (exact) mass is 362 g/mol. The van der Waals surface area contributed by atoms with E-state index in [1.54, 1.807) is 6.20 Å². The summed E-state index contributed by atoms with van der Waals surface area (Å²) in [5.41, 5.74) is 5.10. The summed E-state index contributed by atoms with van der Waals surface area (Å²) in [6.45, 7) is 7.14. The molecule has 0 spiro atoms. The number of fused-ring (bicyclic) bond motifs is 1. The molecule has 5 heteroatoms. The van der Waals surface area contributed by atoms with E-state index in [2.05, 4.69) is 46.4 Å². The number of pyridine rings is 1. The zero-order valence-corrected chi connectivity index (χ0v) is 16.0. The highest BCUT2D eigenvalue weighted by molar-refractivity contribution is 5.93. The fourth-order valence-corrected chi connectivity index (χ4v) is 3.76. The summed E-state index contributed by atoms with van der Waals surface area (Å²) in [6.07, 6.45) is 5.70. The Morgan fingerprint density at radius 3 is 2.70 bits per heavy atom. The standard InChI is InChI=1S/C22H26N4O/c1-16-4-3-5-18(12-16)14-25-9-7-19(8-10-25)23-22(27)20-15-26-11-6-17(2)13-21(26)24-20/h3-6,11-13,15,19H,7-10,14H2,1-2H3,(H,23,27). The number of rotatable bonds is 4. The number of nitrogens with zero attached hydrogens (tertiary/aromatic N) is 3. The normalized spacial score (nSPS) is 15.9. The van der Waals surface area contributed by atoms with Crippen molar-refractivity contribution in [3.8, 4) is 0 Å². The molecule has 2 aromatic heterocycles. The number of amides is 1. The van der Waals surface area contributed by atoms with Gasteiger partial charge in [0.15, 0.2) is 0 Å². The van der Waals surface area contributed by atoms with Crippen LogP contribution in [0.3, 0.4) is 0 Å². The molecule has 1 aliphatic rings. The molecular formula is C22H26N4O. The van der Waals surface area contributed by atoms with Crippen molar-refractivity contribution in [1.29, 1.82) is 0 Å². The molecule has 27 heavy (non-hydrogen) atoms. The Hall–Kier alpha value is -2.66. The Morgan fingerprint density at radius 2 is 1.93 bits per heavy atom. The van der Waals surface area contributed by atoms with Gasteiger partial charge in [-0.05, 0) is 49.9 Å². The molecule has 1 saturated heterocycles. The Balaban J connectivity index is 1.32. The molecule has 0 atom stereocenters. The number of carbonyl (C=O) groups excluding carboxylic acids is 1. The summed E-state index contributed by atoms with van der Waals surface area (Å²) in [5, 5.41) is 3.16. The highest BCUT2D eigenvalue weighted by atomic mass is 16.2. The second-order valence-corrected chi connectivity index (χ2v) is 7.61. The Labute approximate surface area is 160 Å². The Bertz CT molecular complexity index is 954. The molecule has 1 aliphatic heterocycles. The number of carbonyl (C=O) groups is 1. The number of nitrogens with one attached hydrogen (secondary N) is 1. The second-order valence-electron chi connectivity index (χ2n) is 7.61. The number of aryl methyl sites for hydroxylation is 2. The van der Waals surface area contributed by atoms with Gasteiger partial charge in [-0.25, -0.2) is 4.98 Å². The van der Waals surface area contributed by atoms with Crippen LogP contribution in [0.4, 0.5) is 0 Å². The van der Waals surface area contributed by atoms with E-state index in [0.717, 1.165) is 43.7 Å². The first kappa shape index (κ1) is 17.7. The van der Waals surface area contributed by atoms with E-state index < -0.39 is 0 Å². The van der Waals surface area contributed by atoms with Crippen molar-refractivity contribution < 1.29 is 4.79 Å². The fourth-order valence-electron chi connectivity index (χ4n) is 3.76. The lowest BCUT2D eigenvalue weighted by molar-refractivity contribution is 0.0904. The van der Waals surface area contributed by atoms with E-state index in [-0.39, 0.29) is 11.9 Å². The first-order valence-corrected chi connectivity index (χ1v) is 9.61. The smallest absolute Gasteiger partial charge is 0.271 e. The summed E-state index contributed by atoms with van der Waals surface area (Å²) in [5.74, 6) is -0.0755. The third-order valence-electron chi connectivity index (χ3n) is 5.26. The van der Waals surface area contributed by atoms with Crippen LogP contribution in [-0.2, 0) is 6.54 Å². The van der Waals surface area contributed by atoms with Crippen molar-refractivity contribution in [2.24, 2.45) is 0 Å². The van der Waals surface area contributed by atoms with Crippen LogP contribution in [-0.4, -0.2) is 39.3 Å². The van der Waals surface area contributed by atoms with Gasteiger partial charge in [0.2, 0.25) is 0 Å². The SMILES string of the molecule is Cc1cccc(CN2CCC(NC(=O)c3cn4ccc(C)cc4n3)CC2)c1. The number of likely N-dealkylation sites (tertiary alicyclic amines) is 1. The van der Waals surface area contributed by atoms with Gasteiger partial charge in [0, 0.05) is 38.1 Å². The average Bonchev–Trinajstić information content (AvgIpc) is 3.07. The molecule has 0 radical (unpaired) electrons. The number of imidazole rings is 1.